The maximum absolute atomic E-state index is 2.16. The molecule has 0 saturated carbocycles. The van der Waals surface area contributed by atoms with Crippen LogP contribution in [0.15, 0.2) is 207 Å². The van der Waals surface area contributed by atoms with Gasteiger partial charge in [0, 0.05) is 53.1 Å². The van der Waals surface area contributed by atoms with Crippen LogP contribution in [0.5, 0.6) is 0 Å². The third-order valence-electron chi connectivity index (χ3n) is 9.31. The van der Waals surface area contributed by atoms with Crippen LogP contribution < -0.4 is 13.7 Å². The van der Waals surface area contributed by atoms with E-state index in [-0.39, 0.29) is 0 Å². The lowest BCUT2D eigenvalue weighted by atomic mass is 10.1. The van der Waals surface area contributed by atoms with E-state index in [0.717, 1.165) is 0 Å². The summed E-state index contributed by atoms with van der Waals surface area (Å²) in [6.07, 6.45) is 6.21. The van der Waals surface area contributed by atoms with E-state index >= 15 is 0 Å². The first-order chi connectivity index (χ1) is 35.2. The first-order valence-corrected chi connectivity index (χ1v) is 27.2. The highest BCUT2D eigenvalue weighted by molar-refractivity contribution is 5.62. The zero-order chi connectivity index (χ0) is 56.1. The standard InChI is InChI=1S/3C13H14N.2C7H8.8C2H6/c3*1-11-7-3-4-8-12(11)13-9-5-6-10-14(13)2;2*1-7-5-3-2-4-6-7;8*1-2/h3*3-10H,1-2H3;2*2-6H,1H3;8*1-2H3/q3*+1;;;;;;;;;;. The largest absolute Gasteiger partial charge is 0.212 e. The maximum atomic E-state index is 2.16. The summed E-state index contributed by atoms with van der Waals surface area (Å²) in [4.78, 5) is 0. The van der Waals surface area contributed by atoms with Crippen LogP contribution in [0, 0.1) is 34.6 Å². The molecule has 0 N–H and O–H groups in total. The molecule has 3 heterocycles. The lowest BCUT2D eigenvalue weighted by molar-refractivity contribution is -0.660. The van der Waals surface area contributed by atoms with Crippen LogP contribution in [0.2, 0.25) is 0 Å². The lowest BCUT2D eigenvalue weighted by Crippen LogP contribution is -2.30. The number of aromatic nitrogens is 3. The molecule has 72 heavy (non-hydrogen) atoms. The molecule has 0 saturated heterocycles. The summed E-state index contributed by atoms with van der Waals surface area (Å²) in [5, 5.41) is 0. The van der Waals surface area contributed by atoms with Crippen LogP contribution >= 0.6 is 0 Å². The average Bonchev–Trinajstić information content (AvgIpc) is 3.45. The summed E-state index contributed by atoms with van der Waals surface area (Å²) in [7, 11) is 6.21. The fraction of sp³-hybridized carbons (Fsp3) is 0.348. The zero-order valence-corrected chi connectivity index (χ0v) is 50.5. The predicted molar refractivity (Wildman–Crippen MR) is 327 cm³/mol. The molecule has 0 spiro atoms. The van der Waals surface area contributed by atoms with E-state index in [1.807, 2.05) is 165 Å². The van der Waals surface area contributed by atoms with Gasteiger partial charge in [-0.2, -0.15) is 0 Å². The van der Waals surface area contributed by atoms with Crippen LogP contribution in [0.3, 0.4) is 0 Å². The van der Waals surface area contributed by atoms with Gasteiger partial charge < -0.3 is 0 Å². The van der Waals surface area contributed by atoms with Crippen molar-refractivity contribution in [1.29, 1.82) is 0 Å². The van der Waals surface area contributed by atoms with Gasteiger partial charge in [-0.05, 0) is 87.7 Å². The normalized spacial score (nSPS) is 8.28. The summed E-state index contributed by atoms with van der Waals surface area (Å²) in [6, 6.07) is 64.6. The molecule has 8 aromatic rings. The molecular formula is C69H106N3+3. The second-order valence-corrected chi connectivity index (χ2v) is 13.8. The van der Waals surface area contributed by atoms with Crippen molar-refractivity contribution in [2.24, 2.45) is 21.1 Å². The van der Waals surface area contributed by atoms with E-state index in [9.17, 15) is 0 Å². The van der Waals surface area contributed by atoms with Crippen LogP contribution in [-0.2, 0) is 21.1 Å². The summed E-state index contributed by atoms with van der Waals surface area (Å²) >= 11 is 0. The van der Waals surface area contributed by atoms with Crippen molar-refractivity contribution >= 4 is 0 Å². The minimum atomic E-state index is 1.26. The Hall–Kier alpha value is -6.45. The number of hydrogen-bond acceptors (Lipinski definition) is 0. The van der Waals surface area contributed by atoms with Gasteiger partial charge in [0.15, 0.2) is 18.6 Å². The molecule has 3 heteroatoms. The van der Waals surface area contributed by atoms with E-state index in [2.05, 4.69) is 222 Å². The van der Waals surface area contributed by atoms with E-state index in [1.54, 1.807) is 0 Å². The van der Waals surface area contributed by atoms with Gasteiger partial charge >= 0.3 is 0 Å². The van der Waals surface area contributed by atoms with Gasteiger partial charge in [-0.3, -0.25) is 0 Å². The van der Waals surface area contributed by atoms with Gasteiger partial charge in [-0.15, -0.1) is 0 Å². The smallest absolute Gasteiger partial charge is 0.201 e. The Morgan fingerprint density at radius 3 is 0.556 bits per heavy atom. The Kier molecular flexibility index (Phi) is 55.8. The Morgan fingerprint density at radius 1 is 0.208 bits per heavy atom. The summed E-state index contributed by atoms with van der Waals surface area (Å²) < 4.78 is 6.42. The molecule has 394 valence electrons. The van der Waals surface area contributed by atoms with Crippen molar-refractivity contribution in [2.45, 2.75) is 145 Å². The van der Waals surface area contributed by atoms with Crippen molar-refractivity contribution in [3.63, 3.8) is 0 Å². The number of nitrogens with zero attached hydrogens (tertiary/aromatic N) is 3. The van der Waals surface area contributed by atoms with Crippen molar-refractivity contribution in [2.75, 3.05) is 0 Å². The van der Waals surface area contributed by atoms with Crippen molar-refractivity contribution in [3.8, 4) is 33.8 Å². The van der Waals surface area contributed by atoms with E-state index < -0.39 is 0 Å². The van der Waals surface area contributed by atoms with Gasteiger partial charge in [0.25, 0.3) is 0 Å². The molecule has 0 aliphatic carbocycles. The summed E-state index contributed by atoms with van der Waals surface area (Å²) in [5.74, 6) is 0. The Bertz CT molecular complexity index is 1970. The molecular weight excluding hydrogens is 871 g/mol. The Morgan fingerprint density at radius 2 is 0.389 bits per heavy atom. The Labute approximate surface area is 446 Å². The summed E-state index contributed by atoms with van der Waals surface area (Å²) in [6.45, 7) is 42.6. The van der Waals surface area contributed by atoms with E-state index in [1.165, 1.54) is 61.6 Å². The van der Waals surface area contributed by atoms with Gasteiger partial charge in [0.2, 0.25) is 17.1 Å². The molecule has 0 amide bonds. The fourth-order valence-electron chi connectivity index (χ4n) is 6.06. The first-order valence-electron chi connectivity index (χ1n) is 27.2. The van der Waals surface area contributed by atoms with E-state index in [0.29, 0.717) is 0 Å². The second-order valence-electron chi connectivity index (χ2n) is 13.8. The first kappa shape index (κ1) is 74.5. The minimum Gasteiger partial charge on any atom is -0.201 e. The van der Waals surface area contributed by atoms with Crippen molar-refractivity contribution in [3.05, 3.63) is 234 Å². The molecule has 0 bridgehead atoms. The minimum absolute atomic E-state index is 1.26. The van der Waals surface area contributed by atoms with E-state index in [4.69, 9.17) is 0 Å². The van der Waals surface area contributed by atoms with Gasteiger partial charge in [0.1, 0.15) is 21.1 Å². The Balaban J connectivity index is -0.000000247. The fourth-order valence-corrected chi connectivity index (χ4v) is 6.06. The van der Waals surface area contributed by atoms with Crippen molar-refractivity contribution in [1.82, 2.24) is 0 Å². The highest BCUT2D eigenvalue weighted by Crippen LogP contribution is 2.20. The maximum Gasteiger partial charge on any atom is 0.212 e. The molecule has 3 nitrogen and oxygen atoms in total. The molecule has 0 fully saturated rings. The van der Waals surface area contributed by atoms with Gasteiger partial charge in [-0.1, -0.05) is 237 Å². The highest BCUT2D eigenvalue weighted by atomic mass is 14.9. The van der Waals surface area contributed by atoms with Gasteiger partial charge in [-0.25, -0.2) is 13.7 Å². The second kappa shape index (κ2) is 53.9. The monoisotopic (exact) mass is 977 g/mol. The summed E-state index contributed by atoms with van der Waals surface area (Å²) in [5.41, 5.74) is 14.3. The molecule has 0 aliphatic rings. The number of pyridine rings is 3. The van der Waals surface area contributed by atoms with Crippen LogP contribution in [0.1, 0.15) is 139 Å². The molecule has 0 aliphatic heterocycles. The molecule has 3 aromatic heterocycles. The van der Waals surface area contributed by atoms with Gasteiger partial charge in [0.05, 0.1) is 0 Å². The third kappa shape index (κ3) is 32.4. The van der Waals surface area contributed by atoms with Crippen LogP contribution in [0.4, 0.5) is 0 Å². The molecule has 0 radical (unpaired) electrons. The number of rotatable bonds is 3. The SMILES string of the molecule is CC.CC.CC.CC.CC.CC.CC.CC.Cc1ccccc1.Cc1ccccc1.Cc1ccccc1-c1cccc[n+]1C.Cc1ccccc1-c1cccc[n+]1C.Cc1ccccc1-c1cccc[n+]1C. The average molecular weight is 978 g/mol. The topological polar surface area (TPSA) is 11.6 Å². The molecule has 0 atom stereocenters. The highest BCUT2D eigenvalue weighted by Gasteiger charge is 2.11. The van der Waals surface area contributed by atoms with Crippen LogP contribution in [0.25, 0.3) is 33.8 Å². The molecule has 5 aromatic carbocycles. The van der Waals surface area contributed by atoms with Crippen molar-refractivity contribution < 1.29 is 13.7 Å². The number of hydrogen-bond donors (Lipinski definition) is 0. The van der Waals surface area contributed by atoms with Crippen LogP contribution in [-0.4, -0.2) is 0 Å². The third-order valence-corrected chi connectivity index (χ3v) is 9.31. The molecule has 8 rings (SSSR count). The lowest BCUT2D eigenvalue weighted by Gasteiger charge is -2.02. The quantitative estimate of drug-likeness (QED) is 0.156. The molecule has 0 unspecified atom stereocenters. The number of aryl methyl sites for hydroxylation is 8. The predicted octanol–water partition coefficient (Wildman–Crippen LogP) is 19.7. The zero-order valence-electron chi connectivity index (χ0n) is 50.5. The number of benzene rings is 5.